The van der Waals surface area contributed by atoms with Gasteiger partial charge in [0.15, 0.2) is 0 Å². The summed E-state index contributed by atoms with van der Waals surface area (Å²) < 4.78 is 1.27. The zero-order valence-corrected chi connectivity index (χ0v) is 8.67. The molecule has 2 N–H and O–H groups in total. The topological polar surface area (TPSA) is 84.2 Å². The Morgan fingerprint density at radius 3 is 2.94 bits per heavy atom. The van der Waals surface area contributed by atoms with Gasteiger partial charge in [-0.1, -0.05) is 5.92 Å². The Morgan fingerprint density at radius 2 is 2.44 bits per heavy atom. The highest BCUT2D eigenvalue weighted by Crippen LogP contribution is 2.06. The SMILES string of the molecule is C#CCNC(=O)C(C)n1cc(C(=O)O)cn1. The molecule has 0 fully saturated rings. The number of carbonyl (C=O) groups excluding carboxylic acids is 1. The summed E-state index contributed by atoms with van der Waals surface area (Å²) in [5.41, 5.74) is 0.0385. The highest BCUT2D eigenvalue weighted by Gasteiger charge is 2.16. The molecule has 0 aliphatic carbocycles. The van der Waals surface area contributed by atoms with E-state index in [1.165, 1.54) is 17.1 Å². The summed E-state index contributed by atoms with van der Waals surface area (Å²) in [6.45, 7) is 1.74. The number of aromatic carboxylic acids is 1. The number of nitrogens with one attached hydrogen (secondary N) is 1. The lowest BCUT2D eigenvalue weighted by Crippen LogP contribution is -2.31. The summed E-state index contributed by atoms with van der Waals surface area (Å²) in [4.78, 5) is 22.1. The van der Waals surface area contributed by atoms with Crippen LogP contribution in [0.3, 0.4) is 0 Å². The number of terminal acetylenes is 1. The van der Waals surface area contributed by atoms with Crippen molar-refractivity contribution < 1.29 is 14.7 Å². The highest BCUT2D eigenvalue weighted by atomic mass is 16.4. The highest BCUT2D eigenvalue weighted by molar-refractivity contribution is 5.87. The minimum absolute atomic E-state index is 0.0385. The largest absolute Gasteiger partial charge is 0.478 e. The van der Waals surface area contributed by atoms with Crippen molar-refractivity contribution in [3.8, 4) is 12.3 Å². The first-order valence-corrected chi connectivity index (χ1v) is 4.55. The fourth-order valence-corrected chi connectivity index (χ4v) is 1.07. The number of hydrogen-bond acceptors (Lipinski definition) is 3. The van der Waals surface area contributed by atoms with Crippen LogP contribution in [-0.2, 0) is 4.79 Å². The number of rotatable bonds is 4. The third-order valence-electron chi connectivity index (χ3n) is 1.99. The van der Waals surface area contributed by atoms with Gasteiger partial charge in [-0.05, 0) is 6.92 Å². The minimum atomic E-state index is -1.08. The molecule has 0 saturated heterocycles. The van der Waals surface area contributed by atoms with E-state index >= 15 is 0 Å². The van der Waals surface area contributed by atoms with Crippen LogP contribution in [0.2, 0.25) is 0 Å². The van der Waals surface area contributed by atoms with E-state index in [0.717, 1.165) is 0 Å². The number of nitrogens with zero attached hydrogens (tertiary/aromatic N) is 2. The number of carboxylic acids is 1. The molecule has 0 aliphatic heterocycles. The molecule has 6 nitrogen and oxygen atoms in total. The van der Waals surface area contributed by atoms with Gasteiger partial charge in [-0.25, -0.2) is 4.79 Å². The van der Waals surface area contributed by atoms with Gasteiger partial charge >= 0.3 is 5.97 Å². The van der Waals surface area contributed by atoms with Crippen molar-refractivity contribution in [1.82, 2.24) is 15.1 Å². The lowest BCUT2D eigenvalue weighted by molar-refractivity contribution is -0.123. The fourth-order valence-electron chi connectivity index (χ4n) is 1.07. The normalized spacial score (nSPS) is 11.5. The van der Waals surface area contributed by atoms with Gasteiger partial charge in [0.05, 0.1) is 18.3 Å². The summed E-state index contributed by atoms with van der Waals surface area (Å²) in [6, 6.07) is -0.596. The first-order chi connectivity index (χ1) is 7.56. The predicted octanol–water partition coefficient (Wildman–Crippen LogP) is -0.108. The van der Waals surface area contributed by atoms with Crippen LogP contribution in [-0.4, -0.2) is 33.3 Å². The molecule has 0 aromatic carbocycles. The maximum absolute atomic E-state index is 11.5. The van der Waals surface area contributed by atoms with E-state index < -0.39 is 12.0 Å². The van der Waals surface area contributed by atoms with Gasteiger partial charge in [-0.2, -0.15) is 5.10 Å². The van der Waals surface area contributed by atoms with Gasteiger partial charge in [-0.3, -0.25) is 9.48 Å². The van der Waals surface area contributed by atoms with Gasteiger partial charge in [0.1, 0.15) is 6.04 Å². The average molecular weight is 221 g/mol. The molecule has 0 aliphatic rings. The molecule has 1 rings (SSSR count). The molecular weight excluding hydrogens is 210 g/mol. The number of aromatic nitrogens is 2. The number of amides is 1. The van der Waals surface area contributed by atoms with E-state index in [1.54, 1.807) is 6.92 Å². The Kier molecular flexibility index (Phi) is 3.67. The molecule has 1 amide bonds. The third kappa shape index (κ3) is 2.60. The molecule has 0 spiro atoms. The zero-order valence-electron chi connectivity index (χ0n) is 8.67. The Morgan fingerprint density at radius 1 is 1.75 bits per heavy atom. The van der Waals surface area contributed by atoms with Gasteiger partial charge in [-0.15, -0.1) is 6.42 Å². The average Bonchev–Trinajstić information content (AvgIpc) is 2.74. The van der Waals surface area contributed by atoms with Crippen molar-refractivity contribution in [3.63, 3.8) is 0 Å². The summed E-state index contributed by atoms with van der Waals surface area (Å²) in [5, 5.41) is 15.0. The predicted molar refractivity (Wildman–Crippen MR) is 55.7 cm³/mol. The molecule has 84 valence electrons. The van der Waals surface area contributed by atoms with Crippen molar-refractivity contribution in [2.45, 2.75) is 13.0 Å². The third-order valence-corrected chi connectivity index (χ3v) is 1.99. The molecule has 16 heavy (non-hydrogen) atoms. The number of carbonyl (C=O) groups is 2. The first kappa shape index (κ1) is 11.8. The minimum Gasteiger partial charge on any atom is -0.478 e. The van der Waals surface area contributed by atoms with Gasteiger partial charge in [0.25, 0.3) is 0 Å². The van der Waals surface area contributed by atoms with Crippen LogP contribution in [0.4, 0.5) is 0 Å². The molecule has 1 aromatic rings. The van der Waals surface area contributed by atoms with Crippen LogP contribution < -0.4 is 5.32 Å². The van der Waals surface area contributed by atoms with Crippen LogP contribution in [0, 0.1) is 12.3 Å². The fraction of sp³-hybridized carbons (Fsp3) is 0.300. The summed E-state index contributed by atoms with van der Waals surface area (Å²) in [7, 11) is 0. The van der Waals surface area contributed by atoms with E-state index in [-0.39, 0.29) is 18.0 Å². The summed E-state index contributed by atoms with van der Waals surface area (Å²) in [5.74, 6) is 0.884. The van der Waals surface area contributed by atoms with Crippen LogP contribution >= 0.6 is 0 Å². The molecule has 0 radical (unpaired) electrons. The van der Waals surface area contributed by atoms with E-state index in [4.69, 9.17) is 11.5 Å². The quantitative estimate of drug-likeness (QED) is 0.695. The van der Waals surface area contributed by atoms with Gasteiger partial charge in [0, 0.05) is 6.20 Å². The molecule has 1 heterocycles. The second kappa shape index (κ2) is 4.98. The molecule has 6 heteroatoms. The Hall–Kier alpha value is -2.29. The second-order valence-electron chi connectivity index (χ2n) is 3.11. The summed E-state index contributed by atoms with van der Waals surface area (Å²) in [6.07, 6.45) is 7.48. The Balaban J connectivity index is 2.73. The van der Waals surface area contributed by atoms with Crippen LogP contribution in [0.15, 0.2) is 12.4 Å². The maximum atomic E-state index is 11.5. The van der Waals surface area contributed by atoms with Gasteiger partial charge in [0.2, 0.25) is 5.91 Å². The van der Waals surface area contributed by atoms with Crippen molar-refractivity contribution in [3.05, 3.63) is 18.0 Å². The van der Waals surface area contributed by atoms with Crippen LogP contribution in [0.1, 0.15) is 23.3 Å². The summed E-state index contributed by atoms with van der Waals surface area (Å²) >= 11 is 0. The smallest absolute Gasteiger partial charge is 0.338 e. The molecule has 1 aromatic heterocycles. The number of carboxylic acid groups (broad SMARTS) is 1. The molecule has 1 atom stereocenters. The van der Waals surface area contributed by atoms with Crippen LogP contribution in [0.25, 0.3) is 0 Å². The van der Waals surface area contributed by atoms with Gasteiger partial charge < -0.3 is 10.4 Å². The van der Waals surface area contributed by atoms with E-state index in [0.29, 0.717) is 0 Å². The molecule has 1 unspecified atom stereocenters. The van der Waals surface area contributed by atoms with Crippen molar-refractivity contribution in [2.24, 2.45) is 0 Å². The Labute approximate surface area is 92.3 Å². The van der Waals surface area contributed by atoms with Crippen LogP contribution in [0.5, 0.6) is 0 Å². The number of hydrogen-bond donors (Lipinski definition) is 2. The van der Waals surface area contributed by atoms with Crippen molar-refractivity contribution in [2.75, 3.05) is 6.54 Å². The lowest BCUT2D eigenvalue weighted by Gasteiger charge is -2.10. The zero-order chi connectivity index (χ0) is 12.1. The second-order valence-corrected chi connectivity index (χ2v) is 3.11. The lowest BCUT2D eigenvalue weighted by atomic mass is 10.3. The van der Waals surface area contributed by atoms with Crippen molar-refractivity contribution >= 4 is 11.9 Å². The molecular formula is C10H11N3O3. The Bertz CT molecular complexity index is 444. The molecule has 0 bridgehead atoms. The monoisotopic (exact) mass is 221 g/mol. The first-order valence-electron chi connectivity index (χ1n) is 4.55. The van der Waals surface area contributed by atoms with E-state index in [9.17, 15) is 9.59 Å². The van der Waals surface area contributed by atoms with E-state index in [2.05, 4.69) is 16.3 Å². The van der Waals surface area contributed by atoms with Crippen molar-refractivity contribution in [1.29, 1.82) is 0 Å². The maximum Gasteiger partial charge on any atom is 0.338 e. The molecule has 0 saturated carbocycles. The standard InChI is InChI=1S/C10H11N3O3/c1-3-4-11-9(14)7(2)13-6-8(5-12-13)10(15)16/h1,5-7H,4H2,2H3,(H,11,14)(H,15,16). The van der Waals surface area contributed by atoms with E-state index in [1.807, 2.05) is 0 Å².